The Morgan fingerprint density at radius 3 is 2.40 bits per heavy atom. The van der Waals surface area contributed by atoms with Crippen molar-refractivity contribution >= 4 is 5.78 Å². The minimum atomic E-state index is -4.73. The topological polar surface area (TPSA) is 17.1 Å². The second-order valence-corrected chi connectivity index (χ2v) is 5.30. The van der Waals surface area contributed by atoms with Gasteiger partial charge in [0.25, 0.3) is 0 Å². The molecule has 0 aliphatic heterocycles. The lowest BCUT2D eigenvalue weighted by molar-refractivity contribution is -0.140. The molecule has 0 radical (unpaired) electrons. The molecule has 0 amide bonds. The summed E-state index contributed by atoms with van der Waals surface area (Å²) in [4.78, 5) is 11.9. The molecule has 0 bridgehead atoms. The highest BCUT2D eigenvalue weighted by molar-refractivity contribution is 5.96. The Kier molecular flexibility index (Phi) is 4.45. The maximum absolute atomic E-state index is 13.4. The Labute approximate surface area is 115 Å². The van der Waals surface area contributed by atoms with Gasteiger partial charge in [0.05, 0.1) is 5.56 Å². The number of rotatable bonds is 4. The Hall–Kier alpha value is -1.39. The molecule has 0 spiro atoms. The zero-order chi connectivity index (χ0) is 14.8. The van der Waals surface area contributed by atoms with Gasteiger partial charge in [-0.3, -0.25) is 4.79 Å². The number of ketones is 1. The summed E-state index contributed by atoms with van der Waals surface area (Å²) in [5.74, 6) is -1.15. The molecule has 1 aliphatic rings. The fourth-order valence-electron chi connectivity index (χ4n) is 2.70. The molecule has 1 fully saturated rings. The van der Waals surface area contributed by atoms with Crippen LogP contribution in [0, 0.1) is 11.7 Å². The van der Waals surface area contributed by atoms with Crippen LogP contribution in [0.25, 0.3) is 0 Å². The summed E-state index contributed by atoms with van der Waals surface area (Å²) < 4.78 is 50.6. The maximum atomic E-state index is 13.4. The average Bonchev–Trinajstić information content (AvgIpc) is 2.87. The summed E-state index contributed by atoms with van der Waals surface area (Å²) >= 11 is 0. The van der Waals surface area contributed by atoms with E-state index < -0.39 is 17.6 Å². The molecule has 110 valence electrons. The van der Waals surface area contributed by atoms with Crippen LogP contribution in [-0.4, -0.2) is 5.78 Å². The van der Waals surface area contributed by atoms with Crippen molar-refractivity contribution in [1.29, 1.82) is 0 Å². The van der Waals surface area contributed by atoms with Gasteiger partial charge in [-0.25, -0.2) is 4.39 Å². The first-order valence-electron chi connectivity index (χ1n) is 6.78. The van der Waals surface area contributed by atoms with Crippen molar-refractivity contribution in [1.82, 2.24) is 0 Å². The van der Waals surface area contributed by atoms with Crippen molar-refractivity contribution < 1.29 is 22.4 Å². The molecular formula is C15H16F4O. The Bertz CT molecular complexity index is 487. The second-order valence-electron chi connectivity index (χ2n) is 5.30. The van der Waals surface area contributed by atoms with E-state index in [-0.39, 0.29) is 17.8 Å². The van der Waals surface area contributed by atoms with Crippen LogP contribution in [0.4, 0.5) is 17.6 Å². The van der Waals surface area contributed by atoms with Gasteiger partial charge in [-0.15, -0.1) is 0 Å². The Balaban J connectivity index is 2.01. The van der Waals surface area contributed by atoms with Crippen molar-refractivity contribution in [3.63, 3.8) is 0 Å². The number of hydrogen-bond donors (Lipinski definition) is 0. The zero-order valence-electron chi connectivity index (χ0n) is 11.0. The van der Waals surface area contributed by atoms with E-state index >= 15 is 0 Å². The molecule has 1 saturated carbocycles. The van der Waals surface area contributed by atoms with Gasteiger partial charge in [0.1, 0.15) is 5.82 Å². The number of alkyl halides is 3. The number of hydrogen-bond acceptors (Lipinski definition) is 1. The molecule has 1 aromatic rings. The third kappa shape index (κ3) is 3.58. The number of carbonyl (C=O) groups excluding carboxylic acids is 1. The van der Waals surface area contributed by atoms with Crippen LogP contribution in [0.1, 0.15) is 54.4 Å². The van der Waals surface area contributed by atoms with Gasteiger partial charge in [-0.2, -0.15) is 13.2 Å². The van der Waals surface area contributed by atoms with Crippen molar-refractivity contribution in [3.8, 4) is 0 Å². The summed E-state index contributed by atoms with van der Waals surface area (Å²) in [6, 6.07) is 2.39. The quantitative estimate of drug-likeness (QED) is 0.563. The fraction of sp³-hybridized carbons (Fsp3) is 0.533. The van der Waals surface area contributed by atoms with Gasteiger partial charge in [-0.1, -0.05) is 31.7 Å². The van der Waals surface area contributed by atoms with E-state index in [9.17, 15) is 22.4 Å². The van der Waals surface area contributed by atoms with Crippen molar-refractivity contribution in [2.24, 2.45) is 5.92 Å². The first-order chi connectivity index (χ1) is 9.38. The molecule has 1 aromatic carbocycles. The van der Waals surface area contributed by atoms with Crippen LogP contribution in [0.3, 0.4) is 0 Å². The van der Waals surface area contributed by atoms with E-state index in [2.05, 4.69) is 0 Å². The van der Waals surface area contributed by atoms with Gasteiger partial charge in [0, 0.05) is 12.0 Å². The van der Waals surface area contributed by atoms with E-state index in [1.807, 2.05) is 0 Å². The van der Waals surface area contributed by atoms with Gasteiger partial charge >= 0.3 is 6.18 Å². The van der Waals surface area contributed by atoms with Gasteiger partial charge in [0.2, 0.25) is 0 Å². The molecule has 5 heteroatoms. The predicted octanol–water partition coefficient (Wildman–Crippen LogP) is 5.00. The second kappa shape index (κ2) is 5.94. The molecule has 0 aromatic heterocycles. The lowest BCUT2D eigenvalue weighted by Gasteiger charge is -2.10. The van der Waals surface area contributed by atoms with Crippen LogP contribution < -0.4 is 0 Å². The third-order valence-corrected chi connectivity index (χ3v) is 3.85. The SMILES string of the molecule is O=C(CCC1CCCC1)c1ccc(C(F)(F)F)c(F)c1. The Morgan fingerprint density at radius 2 is 1.85 bits per heavy atom. The maximum Gasteiger partial charge on any atom is 0.419 e. The van der Waals surface area contributed by atoms with E-state index in [1.54, 1.807) is 0 Å². The van der Waals surface area contributed by atoms with Gasteiger partial charge < -0.3 is 0 Å². The third-order valence-electron chi connectivity index (χ3n) is 3.85. The molecule has 0 atom stereocenters. The summed E-state index contributed by atoms with van der Waals surface area (Å²) in [6.07, 6.45) is 0.845. The molecule has 1 nitrogen and oxygen atoms in total. The number of carbonyl (C=O) groups is 1. The standard InChI is InChI=1S/C15H16F4O/c16-13-9-11(6-7-12(13)15(17,18)19)14(20)8-5-10-3-1-2-4-10/h6-7,9-10H,1-5,8H2. The number of halogens is 4. The Morgan fingerprint density at radius 1 is 1.20 bits per heavy atom. The highest BCUT2D eigenvalue weighted by Crippen LogP contribution is 2.32. The molecule has 0 heterocycles. The van der Waals surface area contributed by atoms with E-state index in [0.29, 0.717) is 18.1 Å². The molecule has 0 saturated heterocycles. The summed E-state index contributed by atoms with van der Waals surface area (Å²) in [6.45, 7) is 0. The van der Waals surface area contributed by atoms with Crippen LogP contribution in [-0.2, 0) is 6.18 Å². The fourth-order valence-corrected chi connectivity index (χ4v) is 2.70. The first kappa shape index (κ1) is 15.0. The van der Waals surface area contributed by atoms with Gasteiger partial charge in [0.15, 0.2) is 5.78 Å². The van der Waals surface area contributed by atoms with Crippen LogP contribution in [0.2, 0.25) is 0 Å². The molecule has 1 aliphatic carbocycles. The number of Topliss-reactive ketones (excluding diaryl/α,β-unsaturated/α-hetero) is 1. The largest absolute Gasteiger partial charge is 0.419 e. The molecular weight excluding hydrogens is 272 g/mol. The monoisotopic (exact) mass is 288 g/mol. The highest BCUT2D eigenvalue weighted by Gasteiger charge is 2.34. The van der Waals surface area contributed by atoms with Gasteiger partial charge in [-0.05, 0) is 24.5 Å². The zero-order valence-corrected chi connectivity index (χ0v) is 11.0. The molecule has 2 rings (SSSR count). The first-order valence-corrected chi connectivity index (χ1v) is 6.78. The molecule has 20 heavy (non-hydrogen) atoms. The lowest BCUT2D eigenvalue weighted by Crippen LogP contribution is -2.10. The lowest BCUT2D eigenvalue weighted by atomic mass is 9.97. The van der Waals surface area contributed by atoms with Crippen molar-refractivity contribution in [2.45, 2.75) is 44.7 Å². The van der Waals surface area contributed by atoms with Crippen LogP contribution in [0.15, 0.2) is 18.2 Å². The smallest absolute Gasteiger partial charge is 0.294 e. The predicted molar refractivity (Wildman–Crippen MR) is 66.9 cm³/mol. The van der Waals surface area contributed by atoms with E-state index in [1.165, 1.54) is 12.8 Å². The summed E-state index contributed by atoms with van der Waals surface area (Å²) in [7, 11) is 0. The molecule has 0 unspecified atom stereocenters. The summed E-state index contributed by atoms with van der Waals surface area (Å²) in [5.41, 5.74) is -1.31. The van der Waals surface area contributed by atoms with E-state index in [0.717, 1.165) is 25.3 Å². The minimum absolute atomic E-state index is 0.0218. The van der Waals surface area contributed by atoms with Crippen molar-refractivity contribution in [2.75, 3.05) is 0 Å². The van der Waals surface area contributed by atoms with Crippen LogP contribution in [0.5, 0.6) is 0 Å². The minimum Gasteiger partial charge on any atom is -0.294 e. The van der Waals surface area contributed by atoms with Crippen molar-refractivity contribution in [3.05, 3.63) is 35.1 Å². The summed E-state index contributed by atoms with van der Waals surface area (Å²) in [5, 5.41) is 0. The molecule has 0 N–H and O–H groups in total. The average molecular weight is 288 g/mol. The van der Waals surface area contributed by atoms with E-state index in [4.69, 9.17) is 0 Å². The number of benzene rings is 1. The highest BCUT2D eigenvalue weighted by atomic mass is 19.4. The normalized spacial score (nSPS) is 16.6. The van der Waals surface area contributed by atoms with Crippen LogP contribution >= 0.6 is 0 Å².